The molecule has 29 heavy (non-hydrogen) atoms. The number of amides is 1. The van der Waals surface area contributed by atoms with Gasteiger partial charge in [-0.3, -0.25) is 4.79 Å². The van der Waals surface area contributed by atoms with E-state index in [-0.39, 0.29) is 5.91 Å². The Kier molecular flexibility index (Phi) is 5.40. The number of carbonyl (C=O) groups is 1. The molecule has 1 aliphatic heterocycles. The SMILES string of the molecule is CC(C)(O)CC1CCN(C(=O)c2cc3oc(-c4ccc(Cl)c(Cl)c4)cc3[nH]2)CC1. The summed E-state index contributed by atoms with van der Waals surface area (Å²) in [5.41, 5.74) is 2.09. The van der Waals surface area contributed by atoms with E-state index in [1.807, 2.05) is 30.9 Å². The van der Waals surface area contributed by atoms with E-state index >= 15 is 0 Å². The van der Waals surface area contributed by atoms with Crippen LogP contribution in [-0.4, -0.2) is 39.6 Å². The van der Waals surface area contributed by atoms with Gasteiger partial charge in [0, 0.05) is 30.8 Å². The zero-order chi connectivity index (χ0) is 20.8. The molecule has 0 unspecified atom stereocenters. The third-order valence-electron chi connectivity index (χ3n) is 5.43. The predicted molar refractivity (Wildman–Crippen MR) is 116 cm³/mol. The Morgan fingerprint density at radius 3 is 2.55 bits per heavy atom. The molecule has 0 radical (unpaired) electrons. The zero-order valence-electron chi connectivity index (χ0n) is 16.5. The van der Waals surface area contributed by atoms with E-state index in [1.54, 1.807) is 18.2 Å². The number of aliphatic hydroxyl groups is 1. The number of nitrogens with one attached hydrogen (secondary N) is 1. The number of nitrogens with zero attached hydrogens (tertiary/aromatic N) is 1. The van der Waals surface area contributed by atoms with Gasteiger partial charge in [-0.25, -0.2) is 0 Å². The Balaban J connectivity index is 1.45. The van der Waals surface area contributed by atoms with Crippen molar-refractivity contribution in [2.24, 2.45) is 5.92 Å². The fourth-order valence-corrected chi connectivity index (χ4v) is 4.34. The third-order valence-corrected chi connectivity index (χ3v) is 6.17. The van der Waals surface area contributed by atoms with Crippen LogP contribution in [0.4, 0.5) is 0 Å². The second-order valence-electron chi connectivity index (χ2n) is 8.45. The maximum Gasteiger partial charge on any atom is 0.270 e. The van der Waals surface area contributed by atoms with Gasteiger partial charge >= 0.3 is 0 Å². The van der Waals surface area contributed by atoms with Crippen LogP contribution in [0.15, 0.2) is 34.7 Å². The average molecular weight is 435 g/mol. The number of H-pyrrole nitrogens is 1. The monoisotopic (exact) mass is 434 g/mol. The molecular weight excluding hydrogens is 411 g/mol. The third kappa shape index (κ3) is 4.47. The van der Waals surface area contributed by atoms with Gasteiger partial charge in [0.05, 0.1) is 21.2 Å². The molecule has 0 aliphatic carbocycles. The van der Waals surface area contributed by atoms with E-state index in [0.29, 0.717) is 46.1 Å². The number of piperidine rings is 1. The summed E-state index contributed by atoms with van der Waals surface area (Å²) >= 11 is 12.1. The molecule has 3 aromatic rings. The molecule has 2 aromatic heterocycles. The molecule has 5 nitrogen and oxygen atoms in total. The molecule has 1 fully saturated rings. The van der Waals surface area contributed by atoms with Gasteiger partial charge in [-0.05, 0) is 57.2 Å². The van der Waals surface area contributed by atoms with E-state index in [1.165, 1.54) is 0 Å². The summed E-state index contributed by atoms with van der Waals surface area (Å²) in [6.45, 7) is 5.08. The predicted octanol–water partition coefficient (Wildman–Crippen LogP) is 5.75. The first-order valence-corrected chi connectivity index (χ1v) is 10.5. The van der Waals surface area contributed by atoms with Crippen LogP contribution in [0.25, 0.3) is 22.4 Å². The molecule has 2 N–H and O–H groups in total. The van der Waals surface area contributed by atoms with Gasteiger partial charge < -0.3 is 19.4 Å². The minimum Gasteiger partial charge on any atom is -0.454 e. The molecule has 0 spiro atoms. The van der Waals surface area contributed by atoms with Crippen LogP contribution in [0.3, 0.4) is 0 Å². The lowest BCUT2D eigenvalue weighted by Crippen LogP contribution is -2.40. The Morgan fingerprint density at radius 1 is 1.21 bits per heavy atom. The average Bonchev–Trinajstić information content (AvgIpc) is 3.22. The van der Waals surface area contributed by atoms with E-state index in [4.69, 9.17) is 27.6 Å². The molecule has 154 valence electrons. The summed E-state index contributed by atoms with van der Waals surface area (Å²) in [6, 6.07) is 8.94. The summed E-state index contributed by atoms with van der Waals surface area (Å²) in [5.74, 6) is 1.10. The minimum absolute atomic E-state index is 0.0193. The molecule has 0 atom stereocenters. The number of carbonyl (C=O) groups excluding carboxylic acids is 1. The quantitative estimate of drug-likeness (QED) is 0.549. The minimum atomic E-state index is -0.660. The van der Waals surface area contributed by atoms with E-state index in [2.05, 4.69) is 4.98 Å². The molecule has 1 saturated heterocycles. The molecular formula is C22H24Cl2N2O3. The second-order valence-corrected chi connectivity index (χ2v) is 9.27. The van der Waals surface area contributed by atoms with Crippen molar-refractivity contribution in [1.29, 1.82) is 0 Å². The Labute approximate surface area is 179 Å². The number of likely N-dealkylation sites (tertiary alicyclic amines) is 1. The highest BCUT2D eigenvalue weighted by atomic mass is 35.5. The van der Waals surface area contributed by atoms with Crippen LogP contribution in [0.5, 0.6) is 0 Å². The summed E-state index contributed by atoms with van der Waals surface area (Å²) in [5, 5.41) is 11.0. The number of hydrogen-bond donors (Lipinski definition) is 2. The number of fused-ring (bicyclic) bond motifs is 1. The highest BCUT2D eigenvalue weighted by Crippen LogP contribution is 2.33. The second kappa shape index (κ2) is 7.71. The number of aromatic nitrogens is 1. The van der Waals surface area contributed by atoms with Gasteiger partial charge in [-0.15, -0.1) is 0 Å². The normalized spacial score (nSPS) is 16.0. The standard InChI is InChI=1S/C22H24Cl2N2O3/c1-22(2,28)12-13-5-7-26(8-6-13)21(27)18-11-20-17(25-18)10-19(29-20)14-3-4-15(23)16(24)9-14/h3-4,9-11,13,25,28H,5-8,12H2,1-2H3. The summed E-state index contributed by atoms with van der Waals surface area (Å²) in [6.07, 6.45) is 2.59. The molecule has 0 bridgehead atoms. The van der Waals surface area contributed by atoms with Crippen LogP contribution in [0.1, 0.15) is 43.6 Å². The van der Waals surface area contributed by atoms with Gasteiger partial charge in [0.1, 0.15) is 11.5 Å². The van der Waals surface area contributed by atoms with Crippen molar-refractivity contribution in [3.63, 3.8) is 0 Å². The Bertz CT molecular complexity index is 1010. The smallest absolute Gasteiger partial charge is 0.270 e. The van der Waals surface area contributed by atoms with Gasteiger partial charge in [0.25, 0.3) is 5.91 Å². The molecule has 7 heteroatoms. The fourth-order valence-electron chi connectivity index (χ4n) is 4.05. The maximum atomic E-state index is 12.9. The van der Waals surface area contributed by atoms with Crippen molar-refractivity contribution in [3.05, 3.63) is 46.1 Å². The van der Waals surface area contributed by atoms with Gasteiger partial charge in [0.15, 0.2) is 5.58 Å². The zero-order valence-corrected chi connectivity index (χ0v) is 18.0. The van der Waals surface area contributed by atoms with Crippen molar-refractivity contribution >= 4 is 40.2 Å². The lowest BCUT2D eigenvalue weighted by Gasteiger charge is -2.34. The first-order valence-electron chi connectivity index (χ1n) is 9.79. The number of benzene rings is 1. The highest BCUT2D eigenvalue weighted by molar-refractivity contribution is 6.42. The van der Waals surface area contributed by atoms with Crippen molar-refractivity contribution in [2.75, 3.05) is 13.1 Å². The number of rotatable bonds is 4. The summed E-state index contributed by atoms with van der Waals surface area (Å²) in [4.78, 5) is 17.9. The van der Waals surface area contributed by atoms with Gasteiger partial charge in [0.2, 0.25) is 0 Å². The fraction of sp³-hybridized carbons (Fsp3) is 0.409. The molecule has 1 aliphatic rings. The topological polar surface area (TPSA) is 69.5 Å². The van der Waals surface area contributed by atoms with E-state index in [0.717, 1.165) is 30.3 Å². The van der Waals surface area contributed by atoms with Crippen molar-refractivity contribution < 1.29 is 14.3 Å². The largest absolute Gasteiger partial charge is 0.454 e. The van der Waals surface area contributed by atoms with E-state index < -0.39 is 5.60 Å². The van der Waals surface area contributed by atoms with Crippen LogP contribution in [-0.2, 0) is 0 Å². The summed E-state index contributed by atoms with van der Waals surface area (Å²) in [7, 11) is 0. The lowest BCUT2D eigenvalue weighted by atomic mass is 9.86. The van der Waals surface area contributed by atoms with Crippen molar-refractivity contribution in [3.8, 4) is 11.3 Å². The van der Waals surface area contributed by atoms with Gasteiger partial charge in [-0.2, -0.15) is 0 Å². The Hall–Kier alpha value is -1.95. The Morgan fingerprint density at radius 2 is 1.93 bits per heavy atom. The number of furan rings is 1. The highest BCUT2D eigenvalue weighted by Gasteiger charge is 2.28. The summed E-state index contributed by atoms with van der Waals surface area (Å²) < 4.78 is 5.91. The molecule has 3 heterocycles. The number of hydrogen-bond acceptors (Lipinski definition) is 3. The van der Waals surface area contributed by atoms with Crippen LogP contribution < -0.4 is 0 Å². The maximum absolute atomic E-state index is 12.9. The van der Waals surface area contributed by atoms with Crippen molar-refractivity contribution in [2.45, 2.75) is 38.7 Å². The number of aromatic amines is 1. The molecule has 4 rings (SSSR count). The molecule has 1 aromatic carbocycles. The first-order chi connectivity index (χ1) is 13.7. The van der Waals surface area contributed by atoms with Crippen LogP contribution in [0.2, 0.25) is 10.0 Å². The first kappa shape index (κ1) is 20.3. The van der Waals surface area contributed by atoms with Crippen LogP contribution >= 0.6 is 23.2 Å². The molecule has 1 amide bonds. The lowest BCUT2D eigenvalue weighted by molar-refractivity contribution is 0.0357. The van der Waals surface area contributed by atoms with Crippen LogP contribution in [0, 0.1) is 5.92 Å². The molecule has 0 saturated carbocycles. The van der Waals surface area contributed by atoms with Crippen molar-refractivity contribution in [1.82, 2.24) is 9.88 Å². The van der Waals surface area contributed by atoms with E-state index in [9.17, 15) is 9.90 Å². The van der Waals surface area contributed by atoms with Gasteiger partial charge in [-0.1, -0.05) is 23.2 Å². The number of halogens is 2.